The second-order valence-electron chi connectivity index (χ2n) is 1.31. The Kier molecular flexibility index (Phi) is 2.23. The van der Waals surface area contributed by atoms with E-state index in [-0.39, 0.29) is 0 Å². The number of halogens is 1. The van der Waals surface area contributed by atoms with Crippen LogP contribution in [0.5, 0.6) is 0 Å². The Morgan fingerprint density at radius 2 is 2.33 bits per heavy atom. The Labute approximate surface area is 63.8 Å². The van der Waals surface area contributed by atoms with Crippen molar-refractivity contribution >= 4 is 34.0 Å². The lowest BCUT2D eigenvalue weighted by molar-refractivity contribution is 0.566. The highest BCUT2D eigenvalue weighted by molar-refractivity contribution is 7.81. The minimum absolute atomic E-state index is 0.389. The Balaban J connectivity index is 2.98. The molecule has 0 amide bonds. The van der Waals surface area contributed by atoms with Gasteiger partial charge in [0.15, 0.2) is 11.1 Å². The highest BCUT2D eigenvalue weighted by Gasteiger charge is 2.01. The molecule has 0 aliphatic carbocycles. The molecule has 0 saturated carbocycles. The van der Waals surface area contributed by atoms with E-state index in [1.165, 1.54) is 6.07 Å². The lowest BCUT2D eigenvalue weighted by Gasteiger charge is -1.80. The van der Waals surface area contributed by atoms with E-state index < -0.39 is 11.1 Å². The van der Waals surface area contributed by atoms with Crippen molar-refractivity contribution in [3.63, 3.8) is 0 Å². The molecule has 1 aromatic heterocycles. The summed E-state index contributed by atoms with van der Waals surface area (Å²) in [5.74, 6) is 0. The molecule has 0 spiro atoms. The molecule has 0 bridgehead atoms. The van der Waals surface area contributed by atoms with Crippen LogP contribution in [-0.4, -0.2) is 8.76 Å². The maximum Gasteiger partial charge on any atom is 0.196 e. The van der Waals surface area contributed by atoms with Crippen molar-refractivity contribution in [2.75, 3.05) is 0 Å². The average molecular weight is 183 g/mol. The fraction of sp³-hybridized carbons (Fsp3) is 0. The van der Waals surface area contributed by atoms with E-state index in [4.69, 9.17) is 16.2 Å². The molecular weight excluding hydrogens is 180 g/mol. The Morgan fingerprint density at radius 3 is 2.56 bits per heavy atom. The molecule has 1 heterocycles. The quantitative estimate of drug-likeness (QED) is 0.675. The summed E-state index contributed by atoms with van der Waals surface area (Å²) in [5.41, 5.74) is 0. The van der Waals surface area contributed by atoms with Crippen LogP contribution in [-0.2, 0) is 11.1 Å². The molecule has 2 nitrogen and oxygen atoms in total. The molecule has 0 radical (unpaired) electrons. The van der Waals surface area contributed by atoms with Gasteiger partial charge < -0.3 is 4.55 Å². The van der Waals surface area contributed by atoms with Crippen LogP contribution in [0.4, 0.5) is 0 Å². The van der Waals surface area contributed by atoms with Gasteiger partial charge in [-0.2, -0.15) is 0 Å². The highest BCUT2D eigenvalue weighted by Crippen LogP contribution is 2.23. The first kappa shape index (κ1) is 7.21. The fourth-order valence-electron chi connectivity index (χ4n) is 0.392. The van der Waals surface area contributed by atoms with Gasteiger partial charge in [0, 0.05) is 0 Å². The zero-order chi connectivity index (χ0) is 6.85. The zero-order valence-corrected chi connectivity index (χ0v) is 6.59. The van der Waals surface area contributed by atoms with E-state index >= 15 is 0 Å². The largest absolute Gasteiger partial charge is 0.302 e. The highest BCUT2D eigenvalue weighted by atomic mass is 35.5. The molecule has 0 aliphatic rings. The minimum atomic E-state index is -1.87. The summed E-state index contributed by atoms with van der Waals surface area (Å²) in [4.78, 5) is 0. The van der Waals surface area contributed by atoms with E-state index in [1.54, 1.807) is 6.07 Å². The molecule has 0 saturated heterocycles. The first-order valence-electron chi connectivity index (χ1n) is 2.06. The maximum absolute atomic E-state index is 10.3. The van der Waals surface area contributed by atoms with E-state index in [9.17, 15) is 4.21 Å². The van der Waals surface area contributed by atoms with Gasteiger partial charge in [-0.1, -0.05) is 11.6 Å². The van der Waals surface area contributed by atoms with E-state index in [2.05, 4.69) is 0 Å². The maximum atomic E-state index is 10.3. The van der Waals surface area contributed by atoms with Crippen LogP contribution >= 0.6 is 22.9 Å². The van der Waals surface area contributed by atoms with Crippen LogP contribution in [0.25, 0.3) is 0 Å². The summed E-state index contributed by atoms with van der Waals surface area (Å²) in [6.45, 7) is 0. The normalized spacial score (nSPS) is 13.6. The van der Waals surface area contributed by atoms with Crippen molar-refractivity contribution in [1.82, 2.24) is 0 Å². The van der Waals surface area contributed by atoms with Crippen molar-refractivity contribution in [1.29, 1.82) is 0 Å². The molecule has 50 valence electrons. The minimum Gasteiger partial charge on any atom is -0.302 e. The summed E-state index contributed by atoms with van der Waals surface area (Å²) in [7, 11) is 0. The molecule has 1 unspecified atom stereocenters. The van der Waals surface area contributed by atoms with Gasteiger partial charge >= 0.3 is 0 Å². The molecule has 1 atom stereocenters. The van der Waals surface area contributed by atoms with E-state index in [0.717, 1.165) is 11.3 Å². The summed E-state index contributed by atoms with van der Waals surface area (Å²) in [6.07, 6.45) is 0. The molecule has 0 aromatic carbocycles. The lowest BCUT2D eigenvalue weighted by Crippen LogP contribution is -1.79. The van der Waals surface area contributed by atoms with Gasteiger partial charge in [-0.3, -0.25) is 0 Å². The second kappa shape index (κ2) is 2.79. The van der Waals surface area contributed by atoms with Crippen LogP contribution in [0, 0.1) is 0 Å². The van der Waals surface area contributed by atoms with Crippen molar-refractivity contribution in [3.8, 4) is 0 Å². The first-order valence-corrected chi connectivity index (χ1v) is 4.36. The van der Waals surface area contributed by atoms with Gasteiger partial charge in [0.05, 0.1) is 4.34 Å². The SMILES string of the molecule is O=S(O)c1ccc(Cl)s1. The third kappa shape index (κ3) is 1.76. The van der Waals surface area contributed by atoms with Gasteiger partial charge in [0.2, 0.25) is 0 Å². The summed E-state index contributed by atoms with van der Waals surface area (Å²) >= 11 is 4.71. The number of rotatable bonds is 1. The Hall–Kier alpha value is 0.1000. The third-order valence-electron chi connectivity index (χ3n) is 0.721. The zero-order valence-electron chi connectivity index (χ0n) is 4.20. The van der Waals surface area contributed by atoms with E-state index in [1.807, 2.05) is 0 Å². The summed E-state index contributed by atoms with van der Waals surface area (Å²) in [5, 5.41) is 0. The van der Waals surface area contributed by atoms with Crippen molar-refractivity contribution < 1.29 is 8.76 Å². The Bertz CT molecular complexity index is 232. The summed E-state index contributed by atoms with van der Waals surface area (Å²) < 4.78 is 19.7. The van der Waals surface area contributed by atoms with Crippen LogP contribution in [0.3, 0.4) is 0 Å². The molecular formula is C4H3ClO2S2. The number of hydrogen-bond acceptors (Lipinski definition) is 2. The van der Waals surface area contributed by atoms with Crippen LogP contribution in [0.2, 0.25) is 4.34 Å². The topological polar surface area (TPSA) is 37.3 Å². The molecule has 0 aliphatic heterocycles. The van der Waals surface area contributed by atoms with Crippen molar-refractivity contribution in [2.45, 2.75) is 4.21 Å². The molecule has 9 heavy (non-hydrogen) atoms. The van der Waals surface area contributed by atoms with Crippen molar-refractivity contribution in [2.24, 2.45) is 0 Å². The molecule has 5 heteroatoms. The predicted molar refractivity (Wildman–Crippen MR) is 38.4 cm³/mol. The molecule has 0 fully saturated rings. The van der Waals surface area contributed by atoms with E-state index in [0.29, 0.717) is 8.55 Å². The van der Waals surface area contributed by atoms with Gasteiger partial charge in [0.25, 0.3) is 0 Å². The lowest BCUT2D eigenvalue weighted by atomic mass is 10.7. The summed E-state index contributed by atoms with van der Waals surface area (Å²) in [6, 6.07) is 3.12. The average Bonchev–Trinajstić information content (AvgIpc) is 2.14. The van der Waals surface area contributed by atoms with Gasteiger partial charge in [-0.05, 0) is 12.1 Å². The van der Waals surface area contributed by atoms with Gasteiger partial charge in [-0.25, -0.2) is 4.21 Å². The second-order valence-corrected chi connectivity index (χ2v) is 4.22. The monoisotopic (exact) mass is 182 g/mol. The van der Waals surface area contributed by atoms with Crippen LogP contribution < -0.4 is 0 Å². The number of thiophene rings is 1. The van der Waals surface area contributed by atoms with Crippen LogP contribution in [0.1, 0.15) is 0 Å². The van der Waals surface area contributed by atoms with Gasteiger partial charge in [0.1, 0.15) is 4.21 Å². The van der Waals surface area contributed by atoms with Gasteiger partial charge in [-0.15, -0.1) is 11.3 Å². The van der Waals surface area contributed by atoms with Crippen LogP contribution in [0.15, 0.2) is 16.3 Å². The predicted octanol–water partition coefficient (Wildman–Crippen LogP) is 1.98. The molecule has 1 aromatic rings. The smallest absolute Gasteiger partial charge is 0.196 e. The number of hydrogen-bond donors (Lipinski definition) is 1. The third-order valence-corrected chi connectivity index (χ3v) is 2.90. The molecule has 1 N–H and O–H groups in total. The Morgan fingerprint density at radius 1 is 1.67 bits per heavy atom. The standard InChI is InChI=1S/C4H3ClO2S2/c5-3-1-2-4(8-3)9(6)7/h1-2H,(H,6,7). The first-order chi connectivity index (χ1) is 4.20. The fourth-order valence-corrected chi connectivity index (χ4v) is 2.04. The molecule has 1 rings (SSSR count). The van der Waals surface area contributed by atoms with Crippen molar-refractivity contribution in [3.05, 3.63) is 16.5 Å².